The molecule has 0 unspecified atom stereocenters. The topological polar surface area (TPSA) is 42.9 Å². The van der Waals surface area contributed by atoms with Crippen molar-refractivity contribution in [1.29, 1.82) is 0 Å². The molecule has 0 atom stereocenters. The van der Waals surface area contributed by atoms with Crippen LogP contribution in [0.15, 0.2) is 54.9 Å². The van der Waals surface area contributed by atoms with Crippen molar-refractivity contribution >= 4 is 5.78 Å². The van der Waals surface area contributed by atoms with Gasteiger partial charge < -0.3 is 0 Å². The second kappa shape index (κ2) is 5.30. The normalized spacial score (nSPS) is 16.7. The molecule has 0 bridgehead atoms. The van der Waals surface area contributed by atoms with E-state index in [2.05, 4.69) is 16.5 Å². The number of Topliss-reactive ketones (excluding diaryl/α,β-unsaturated/α-hetero) is 1. The number of halogens is 3. The molecular formula is C17H13F3N2O. The van der Waals surface area contributed by atoms with Gasteiger partial charge in [0.2, 0.25) is 0 Å². The summed E-state index contributed by atoms with van der Waals surface area (Å²) in [6.07, 6.45) is -1.33. The van der Waals surface area contributed by atoms with Crippen molar-refractivity contribution in [2.24, 2.45) is 0 Å². The van der Waals surface area contributed by atoms with Crippen molar-refractivity contribution in [1.82, 2.24) is 9.97 Å². The summed E-state index contributed by atoms with van der Waals surface area (Å²) in [6.45, 7) is 3.81. The lowest BCUT2D eigenvalue weighted by atomic mass is 9.60. The third-order valence-electron chi connectivity index (χ3n) is 4.01. The number of carbonyl (C=O) groups is 1. The van der Waals surface area contributed by atoms with E-state index in [1.807, 2.05) is 0 Å². The van der Waals surface area contributed by atoms with E-state index in [1.165, 1.54) is 6.20 Å². The fourth-order valence-corrected chi connectivity index (χ4v) is 2.87. The highest BCUT2D eigenvalue weighted by Crippen LogP contribution is 2.48. The van der Waals surface area contributed by atoms with E-state index in [0.29, 0.717) is 0 Å². The van der Waals surface area contributed by atoms with Gasteiger partial charge in [-0.2, -0.15) is 13.2 Å². The molecule has 0 N–H and O–H groups in total. The molecule has 0 spiro atoms. The number of nitrogens with zero attached hydrogens (tertiary/aromatic N) is 2. The number of ketones is 1. The molecule has 2 aromatic rings. The number of carbonyl (C=O) groups excluding carboxylic acids is 1. The molecule has 1 aliphatic rings. The number of pyridine rings is 2. The third-order valence-corrected chi connectivity index (χ3v) is 4.01. The van der Waals surface area contributed by atoms with Gasteiger partial charge in [0, 0.05) is 12.4 Å². The Kier molecular flexibility index (Phi) is 3.55. The van der Waals surface area contributed by atoms with Crippen LogP contribution in [0.4, 0.5) is 13.2 Å². The molecule has 6 heteroatoms. The number of hydrogen-bond donors (Lipinski definition) is 0. The zero-order chi connectivity index (χ0) is 16.7. The first-order chi connectivity index (χ1) is 10.8. The molecule has 23 heavy (non-hydrogen) atoms. The number of allylic oxidation sites excluding steroid dienone is 1. The highest BCUT2D eigenvalue weighted by molar-refractivity contribution is 6.04. The molecular weight excluding hydrogens is 305 g/mol. The molecule has 1 saturated carbocycles. The van der Waals surface area contributed by atoms with E-state index in [4.69, 9.17) is 0 Å². The number of hydrogen-bond acceptors (Lipinski definition) is 3. The minimum absolute atomic E-state index is 0.121. The first kappa shape index (κ1) is 15.4. The predicted molar refractivity (Wildman–Crippen MR) is 77.9 cm³/mol. The van der Waals surface area contributed by atoms with Gasteiger partial charge in [0.05, 0.1) is 16.7 Å². The Morgan fingerprint density at radius 1 is 1.13 bits per heavy atom. The summed E-state index contributed by atoms with van der Waals surface area (Å²) in [4.78, 5) is 20.9. The van der Waals surface area contributed by atoms with Gasteiger partial charge in [-0.25, -0.2) is 0 Å². The maximum atomic E-state index is 12.9. The van der Waals surface area contributed by atoms with Crippen LogP contribution in [0.25, 0.3) is 0 Å². The summed E-state index contributed by atoms with van der Waals surface area (Å²) in [7, 11) is 0. The summed E-state index contributed by atoms with van der Waals surface area (Å²) >= 11 is 0. The monoisotopic (exact) mass is 318 g/mol. The Morgan fingerprint density at radius 3 is 2.43 bits per heavy atom. The predicted octanol–water partition coefficient (Wildman–Crippen LogP) is 3.97. The van der Waals surface area contributed by atoms with Crippen molar-refractivity contribution in [2.75, 3.05) is 0 Å². The standard InChI is InChI=1S/C17H13F3N2O/c1-11-9-16(10-11,15(23)13-4-2-3-6-21-13)14-8-12(5-7-22-14)17(18,19)20/h2-8H,1,9-10H2. The second-order valence-electron chi connectivity index (χ2n) is 5.66. The van der Waals surface area contributed by atoms with Gasteiger partial charge in [-0.15, -0.1) is 0 Å². The van der Waals surface area contributed by atoms with Crippen molar-refractivity contribution in [2.45, 2.75) is 24.4 Å². The van der Waals surface area contributed by atoms with Gasteiger partial charge in [-0.1, -0.05) is 18.2 Å². The van der Waals surface area contributed by atoms with Crippen LogP contribution < -0.4 is 0 Å². The largest absolute Gasteiger partial charge is 0.416 e. The molecule has 0 amide bonds. The Morgan fingerprint density at radius 2 is 1.87 bits per heavy atom. The van der Waals surface area contributed by atoms with Crippen LogP contribution in [-0.4, -0.2) is 15.8 Å². The van der Waals surface area contributed by atoms with Crippen molar-refractivity contribution in [3.8, 4) is 0 Å². The van der Waals surface area contributed by atoms with Crippen LogP contribution in [0.3, 0.4) is 0 Å². The van der Waals surface area contributed by atoms with Gasteiger partial charge in [0.15, 0.2) is 5.78 Å². The lowest BCUT2D eigenvalue weighted by Crippen LogP contribution is -2.45. The van der Waals surface area contributed by atoms with Crippen LogP contribution in [0, 0.1) is 0 Å². The highest BCUT2D eigenvalue weighted by atomic mass is 19.4. The molecule has 0 saturated heterocycles. The average Bonchev–Trinajstić information content (AvgIpc) is 2.51. The summed E-state index contributed by atoms with van der Waals surface area (Å²) < 4.78 is 38.8. The molecule has 1 fully saturated rings. The van der Waals surface area contributed by atoms with Crippen LogP contribution in [0.1, 0.15) is 34.6 Å². The van der Waals surface area contributed by atoms with Crippen LogP contribution >= 0.6 is 0 Å². The molecule has 2 aromatic heterocycles. The molecule has 0 radical (unpaired) electrons. The molecule has 118 valence electrons. The quantitative estimate of drug-likeness (QED) is 0.635. The van der Waals surface area contributed by atoms with Gasteiger partial charge in [-0.05, 0) is 37.1 Å². The van der Waals surface area contributed by atoms with E-state index in [-0.39, 0.29) is 30.0 Å². The average molecular weight is 318 g/mol. The number of aromatic nitrogens is 2. The molecule has 1 aliphatic carbocycles. The fraction of sp³-hybridized carbons (Fsp3) is 0.235. The first-order valence-corrected chi connectivity index (χ1v) is 6.99. The van der Waals surface area contributed by atoms with E-state index < -0.39 is 17.2 Å². The van der Waals surface area contributed by atoms with Gasteiger partial charge in [-0.3, -0.25) is 14.8 Å². The zero-order valence-corrected chi connectivity index (χ0v) is 12.1. The smallest absolute Gasteiger partial charge is 0.291 e. The second-order valence-corrected chi connectivity index (χ2v) is 5.66. The van der Waals surface area contributed by atoms with Crippen molar-refractivity contribution in [3.05, 3.63) is 71.8 Å². The lowest BCUT2D eigenvalue weighted by Gasteiger charge is -2.41. The van der Waals surface area contributed by atoms with Crippen molar-refractivity contribution < 1.29 is 18.0 Å². The third kappa shape index (κ3) is 2.65. The summed E-state index contributed by atoms with van der Waals surface area (Å²) in [5.41, 5.74) is -0.761. The Labute approximate surface area is 130 Å². The van der Waals surface area contributed by atoms with Crippen LogP contribution in [0.5, 0.6) is 0 Å². The maximum Gasteiger partial charge on any atom is 0.416 e. The van der Waals surface area contributed by atoms with Gasteiger partial charge in [0.25, 0.3) is 0 Å². The van der Waals surface area contributed by atoms with E-state index >= 15 is 0 Å². The maximum absolute atomic E-state index is 12.9. The highest BCUT2D eigenvalue weighted by Gasteiger charge is 2.50. The summed E-state index contributed by atoms with van der Waals surface area (Å²) in [6, 6.07) is 6.74. The minimum atomic E-state index is -4.48. The first-order valence-electron chi connectivity index (χ1n) is 6.99. The molecule has 3 nitrogen and oxygen atoms in total. The number of rotatable bonds is 3. The fourth-order valence-electron chi connectivity index (χ4n) is 2.87. The van der Waals surface area contributed by atoms with Gasteiger partial charge in [0.1, 0.15) is 5.69 Å². The molecule has 0 aliphatic heterocycles. The molecule has 3 rings (SSSR count). The van der Waals surface area contributed by atoms with Crippen LogP contribution in [0.2, 0.25) is 0 Å². The van der Waals surface area contributed by atoms with E-state index in [0.717, 1.165) is 23.9 Å². The zero-order valence-electron chi connectivity index (χ0n) is 12.1. The molecule has 2 heterocycles. The molecule has 0 aromatic carbocycles. The summed E-state index contributed by atoms with van der Waals surface area (Å²) in [5, 5.41) is 0. The SMILES string of the molecule is C=C1CC(C(=O)c2ccccn2)(c2cc(C(F)(F)F)ccn2)C1. The van der Waals surface area contributed by atoms with E-state index in [9.17, 15) is 18.0 Å². The van der Waals surface area contributed by atoms with Crippen LogP contribution in [-0.2, 0) is 11.6 Å². The number of alkyl halides is 3. The lowest BCUT2D eigenvalue weighted by molar-refractivity contribution is -0.137. The Balaban J connectivity index is 2.06. The van der Waals surface area contributed by atoms with E-state index in [1.54, 1.807) is 18.2 Å². The van der Waals surface area contributed by atoms with Crippen molar-refractivity contribution in [3.63, 3.8) is 0 Å². The minimum Gasteiger partial charge on any atom is -0.291 e. The van der Waals surface area contributed by atoms with Gasteiger partial charge >= 0.3 is 6.18 Å². The Hall–Kier alpha value is -2.50. The Bertz CT molecular complexity index is 761. The summed E-state index contributed by atoms with van der Waals surface area (Å²) in [5.74, 6) is -0.322.